The molecular formula is C11H18ClNSi. The number of nitrogens with zero attached hydrogens (tertiary/aromatic N) is 1. The van der Waals surface area contributed by atoms with E-state index in [-0.39, 0.29) is 0 Å². The van der Waals surface area contributed by atoms with Gasteiger partial charge in [0.05, 0.1) is 8.07 Å². The van der Waals surface area contributed by atoms with E-state index in [0.717, 1.165) is 5.02 Å². The Morgan fingerprint density at radius 1 is 1.14 bits per heavy atom. The molecule has 3 heteroatoms. The van der Waals surface area contributed by atoms with Crippen molar-refractivity contribution in [3.05, 3.63) is 29.3 Å². The first-order valence-corrected chi connectivity index (χ1v) is 8.94. The van der Waals surface area contributed by atoms with Crippen molar-refractivity contribution in [2.45, 2.75) is 19.6 Å². The van der Waals surface area contributed by atoms with Crippen LogP contribution in [0.5, 0.6) is 0 Å². The molecule has 0 aliphatic heterocycles. The van der Waals surface area contributed by atoms with Gasteiger partial charge in [0.25, 0.3) is 0 Å². The fraction of sp³-hybridized carbons (Fsp3) is 0.455. The third-order valence-corrected chi connectivity index (χ3v) is 3.65. The van der Waals surface area contributed by atoms with Crippen LogP contribution in [0, 0.1) is 0 Å². The lowest BCUT2D eigenvalue weighted by Gasteiger charge is -2.26. The molecule has 14 heavy (non-hydrogen) atoms. The fourth-order valence-electron chi connectivity index (χ4n) is 1.50. The van der Waals surface area contributed by atoms with Crippen molar-refractivity contribution in [1.29, 1.82) is 0 Å². The topological polar surface area (TPSA) is 3.24 Å². The van der Waals surface area contributed by atoms with Gasteiger partial charge in [-0.2, -0.15) is 0 Å². The molecule has 0 heterocycles. The van der Waals surface area contributed by atoms with E-state index in [9.17, 15) is 0 Å². The molecule has 0 aromatic heterocycles. The molecule has 1 rings (SSSR count). The zero-order valence-corrected chi connectivity index (χ0v) is 11.1. The van der Waals surface area contributed by atoms with E-state index >= 15 is 0 Å². The van der Waals surface area contributed by atoms with E-state index in [4.69, 9.17) is 11.6 Å². The molecule has 0 fully saturated rings. The molecule has 0 spiro atoms. The van der Waals surface area contributed by atoms with Crippen molar-refractivity contribution >= 4 is 25.4 Å². The van der Waals surface area contributed by atoms with Crippen molar-refractivity contribution in [3.63, 3.8) is 0 Å². The minimum Gasteiger partial charge on any atom is -0.378 e. The quantitative estimate of drug-likeness (QED) is 0.713. The van der Waals surface area contributed by atoms with Gasteiger partial charge in [-0.3, -0.25) is 0 Å². The van der Waals surface area contributed by atoms with Crippen LogP contribution < -0.4 is 4.90 Å². The van der Waals surface area contributed by atoms with Crippen LogP contribution in [0.2, 0.25) is 24.7 Å². The summed E-state index contributed by atoms with van der Waals surface area (Å²) in [5, 5.41) is 0.801. The molecule has 1 nitrogen and oxygen atoms in total. The van der Waals surface area contributed by atoms with E-state index in [1.807, 2.05) is 12.1 Å². The normalized spacial score (nSPS) is 11.5. The van der Waals surface area contributed by atoms with Crippen molar-refractivity contribution in [3.8, 4) is 0 Å². The van der Waals surface area contributed by atoms with E-state index in [0.29, 0.717) is 0 Å². The first kappa shape index (κ1) is 11.6. The van der Waals surface area contributed by atoms with Crippen LogP contribution in [0.15, 0.2) is 24.3 Å². The van der Waals surface area contributed by atoms with E-state index in [1.54, 1.807) is 0 Å². The summed E-state index contributed by atoms with van der Waals surface area (Å²) in [6, 6.07) is 8.03. The third kappa shape index (κ3) is 3.72. The standard InChI is InChI=1S/C11H18ClNSi/c1-13(9-14(2,3)4)11-7-5-10(12)6-8-11/h5-8H,9H2,1-4H3. The second kappa shape index (κ2) is 4.37. The second-order valence-corrected chi connectivity index (χ2v) is 10.8. The Hall–Kier alpha value is -0.473. The second-order valence-electron chi connectivity index (χ2n) is 4.89. The molecule has 0 N–H and O–H groups in total. The maximum atomic E-state index is 5.84. The smallest absolute Gasteiger partial charge is 0.0665 e. The van der Waals surface area contributed by atoms with E-state index in [1.165, 1.54) is 11.9 Å². The molecule has 0 unspecified atom stereocenters. The largest absolute Gasteiger partial charge is 0.378 e. The van der Waals surface area contributed by atoms with Gasteiger partial charge >= 0.3 is 0 Å². The molecule has 0 aliphatic carbocycles. The average Bonchev–Trinajstić information content (AvgIpc) is 2.02. The number of rotatable bonds is 3. The molecule has 78 valence electrons. The summed E-state index contributed by atoms with van der Waals surface area (Å²) in [7, 11) is 1.12. The minimum absolute atomic E-state index is 0.801. The van der Waals surface area contributed by atoms with Gasteiger partial charge in [-0.15, -0.1) is 0 Å². The van der Waals surface area contributed by atoms with Gasteiger partial charge in [-0.1, -0.05) is 31.2 Å². The fourth-order valence-corrected chi connectivity index (χ4v) is 3.23. The Morgan fingerprint density at radius 3 is 2.07 bits per heavy atom. The maximum absolute atomic E-state index is 5.84. The summed E-state index contributed by atoms with van der Waals surface area (Å²) >= 11 is 5.84. The highest BCUT2D eigenvalue weighted by atomic mass is 35.5. The maximum Gasteiger partial charge on any atom is 0.0665 e. The SMILES string of the molecule is CN(C[Si](C)(C)C)c1ccc(Cl)cc1. The van der Waals surface area contributed by atoms with Crippen molar-refractivity contribution < 1.29 is 0 Å². The number of halogens is 1. The van der Waals surface area contributed by atoms with Gasteiger partial charge in [0.2, 0.25) is 0 Å². The lowest BCUT2D eigenvalue weighted by Crippen LogP contribution is -2.37. The van der Waals surface area contributed by atoms with Crippen LogP contribution in [-0.4, -0.2) is 21.3 Å². The number of hydrogen-bond donors (Lipinski definition) is 0. The van der Waals surface area contributed by atoms with Crippen molar-refractivity contribution in [2.75, 3.05) is 18.1 Å². The molecule has 1 aromatic rings. The molecule has 0 saturated carbocycles. The highest BCUT2D eigenvalue weighted by Gasteiger charge is 2.15. The molecule has 0 bridgehead atoms. The van der Waals surface area contributed by atoms with E-state index in [2.05, 4.69) is 43.7 Å². The zero-order valence-electron chi connectivity index (χ0n) is 9.34. The van der Waals surface area contributed by atoms with Gasteiger partial charge in [0.15, 0.2) is 0 Å². The third-order valence-electron chi connectivity index (χ3n) is 1.98. The van der Waals surface area contributed by atoms with Crippen LogP contribution in [0.4, 0.5) is 5.69 Å². The summed E-state index contributed by atoms with van der Waals surface area (Å²) < 4.78 is 0. The Labute approximate surface area is 92.7 Å². The molecule has 0 saturated heterocycles. The summed E-state index contributed by atoms with van der Waals surface area (Å²) in [5.74, 6) is 0. The van der Waals surface area contributed by atoms with Gasteiger partial charge in [-0.05, 0) is 24.3 Å². The van der Waals surface area contributed by atoms with E-state index < -0.39 is 8.07 Å². The summed E-state index contributed by atoms with van der Waals surface area (Å²) in [4.78, 5) is 2.31. The monoisotopic (exact) mass is 227 g/mol. The zero-order chi connectivity index (χ0) is 10.8. The lowest BCUT2D eigenvalue weighted by molar-refractivity contribution is 1.06. The van der Waals surface area contributed by atoms with Crippen LogP contribution >= 0.6 is 11.6 Å². The molecule has 1 aromatic carbocycles. The van der Waals surface area contributed by atoms with Crippen LogP contribution in [0.25, 0.3) is 0 Å². The molecule has 0 radical (unpaired) electrons. The first-order chi connectivity index (χ1) is 6.38. The lowest BCUT2D eigenvalue weighted by atomic mass is 10.3. The van der Waals surface area contributed by atoms with Crippen molar-refractivity contribution in [1.82, 2.24) is 0 Å². The number of anilines is 1. The summed E-state index contributed by atoms with van der Waals surface area (Å²) in [6.45, 7) is 7.12. The van der Waals surface area contributed by atoms with Crippen LogP contribution in [0.3, 0.4) is 0 Å². The first-order valence-electron chi connectivity index (χ1n) is 4.85. The average molecular weight is 228 g/mol. The Balaban J connectivity index is 2.70. The Morgan fingerprint density at radius 2 is 1.64 bits per heavy atom. The predicted molar refractivity (Wildman–Crippen MR) is 68.1 cm³/mol. The molecule has 0 amide bonds. The number of hydrogen-bond acceptors (Lipinski definition) is 1. The Bertz CT molecular complexity index is 289. The van der Waals surface area contributed by atoms with Gasteiger partial charge in [0.1, 0.15) is 0 Å². The van der Waals surface area contributed by atoms with Crippen LogP contribution in [-0.2, 0) is 0 Å². The van der Waals surface area contributed by atoms with Crippen LogP contribution in [0.1, 0.15) is 0 Å². The molecule has 0 aliphatic rings. The van der Waals surface area contributed by atoms with Gasteiger partial charge in [-0.25, -0.2) is 0 Å². The predicted octanol–water partition coefficient (Wildman–Crippen LogP) is 3.65. The number of benzene rings is 1. The minimum atomic E-state index is -1.02. The highest BCUT2D eigenvalue weighted by Crippen LogP contribution is 2.18. The van der Waals surface area contributed by atoms with Gasteiger partial charge < -0.3 is 4.90 Å². The molecular weight excluding hydrogens is 210 g/mol. The summed E-state index contributed by atoms with van der Waals surface area (Å²) in [6.07, 6.45) is 1.18. The Kier molecular flexibility index (Phi) is 3.62. The van der Waals surface area contributed by atoms with Crippen molar-refractivity contribution in [2.24, 2.45) is 0 Å². The summed E-state index contributed by atoms with van der Waals surface area (Å²) in [5.41, 5.74) is 1.25. The molecule has 0 atom stereocenters. The highest BCUT2D eigenvalue weighted by molar-refractivity contribution is 6.76. The van der Waals surface area contributed by atoms with Gasteiger partial charge in [0, 0.05) is 23.9 Å².